The lowest BCUT2D eigenvalue weighted by Gasteiger charge is -2.28. The Balaban J connectivity index is 1.52. The van der Waals surface area contributed by atoms with Gasteiger partial charge >= 0.3 is 0 Å². The molecule has 3 aromatic rings. The smallest absolute Gasteiger partial charge is 0.234 e. The summed E-state index contributed by atoms with van der Waals surface area (Å²) in [6, 6.07) is 5.88. The first kappa shape index (κ1) is 17.2. The van der Waals surface area contributed by atoms with Crippen LogP contribution in [-0.2, 0) is 19.6 Å². The highest BCUT2D eigenvalue weighted by atomic mass is 35.5. The topological polar surface area (TPSA) is 78.2 Å². The Morgan fingerprint density at radius 1 is 1.19 bits per heavy atom. The minimum absolute atomic E-state index is 0.242. The molecule has 0 saturated heterocycles. The molecule has 1 aliphatic heterocycles. The Morgan fingerprint density at radius 2 is 2.08 bits per heavy atom. The SMILES string of the molecule is COc1ccc(CN2CCn3c(nnc3-c3nc(Cl)ns3)C2)c(OC)c1. The van der Waals surface area contributed by atoms with Gasteiger partial charge in [0.05, 0.1) is 20.8 Å². The Hall–Kier alpha value is -2.23. The molecule has 0 aliphatic carbocycles. The van der Waals surface area contributed by atoms with Crippen molar-refractivity contribution >= 4 is 23.1 Å². The molecular weight excluding hydrogens is 376 g/mol. The van der Waals surface area contributed by atoms with Crippen LogP contribution in [0.1, 0.15) is 11.4 Å². The van der Waals surface area contributed by atoms with Crippen LogP contribution < -0.4 is 9.47 Å². The molecular formula is C16H17ClN6O2S. The molecule has 0 fully saturated rings. The van der Waals surface area contributed by atoms with Gasteiger partial charge in [0.2, 0.25) is 5.28 Å². The standard InChI is InChI=1S/C16H17ClN6O2S/c1-24-11-4-3-10(12(7-11)25-2)8-22-5-6-23-13(9-22)19-20-14(23)15-18-16(17)21-26-15/h3-4,7H,5-6,8-9H2,1-2H3. The molecule has 3 heterocycles. The zero-order chi connectivity index (χ0) is 18.1. The molecule has 0 spiro atoms. The second kappa shape index (κ2) is 7.18. The molecule has 0 radical (unpaired) electrons. The molecule has 0 amide bonds. The highest BCUT2D eigenvalue weighted by molar-refractivity contribution is 7.09. The first-order valence-corrected chi connectivity index (χ1v) is 9.18. The summed E-state index contributed by atoms with van der Waals surface area (Å²) in [5, 5.41) is 9.53. The van der Waals surface area contributed by atoms with Crippen molar-refractivity contribution in [2.75, 3.05) is 20.8 Å². The summed E-state index contributed by atoms with van der Waals surface area (Å²) >= 11 is 7.06. The summed E-state index contributed by atoms with van der Waals surface area (Å²) in [6.07, 6.45) is 0. The van der Waals surface area contributed by atoms with Gasteiger partial charge in [0.15, 0.2) is 10.8 Å². The fourth-order valence-electron chi connectivity index (χ4n) is 3.02. The number of ether oxygens (including phenoxy) is 2. The van der Waals surface area contributed by atoms with Crippen LogP contribution in [0.5, 0.6) is 11.5 Å². The van der Waals surface area contributed by atoms with Crippen molar-refractivity contribution in [3.63, 3.8) is 0 Å². The largest absolute Gasteiger partial charge is 0.497 e. The summed E-state index contributed by atoms with van der Waals surface area (Å²) in [6.45, 7) is 3.13. The van der Waals surface area contributed by atoms with E-state index in [0.717, 1.165) is 48.3 Å². The number of hydrogen-bond donors (Lipinski definition) is 0. The van der Waals surface area contributed by atoms with E-state index in [9.17, 15) is 0 Å². The van der Waals surface area contributed by atoms with Crippen LogP contribution >= 0.6 is 23.1 Å². The van der Waals surface area contributed by atoms with Gasteiger partial charge in [0.25, 0.3) is 0 Å². The lowest BCUT2D eigenvalue weighted by molar-refractivity contribution is 0.207. The predicted octanol–water partition coefficient (Wildman–Crippen LogP) is 2.48. The first-order chi connectivity index (χ1) is 12.7. The third kappa shape index (κ3) is 3.25. The molecule has 10 heteroatoms. The van der Waals surface area contributed by atoms with Crippen LogP contribution in [0.3, 0.4) is 0 Å². The average molecular weight is 393 g/mol. The van der Waals surface area contributed by atoms with E-state index in [1.807, 2.05) is 18.2 Å². The van der Waals surface area contributed by atoms with Gasteiger partial charge in [-0.2, -0.15) is 4.37 Å². The second-order valence-corrected chi connectivity index (χ2v) is 6.94. The summed E-state index contributed by atoms with van der Waals surface area (Å²) < 4.78 is 16.8. The van der Waals surface area contributed by atoms with Crippen molar-refractivity contribution < 1.29 is 9.47 Å². The molecule has 2 aromatic heterocycles. The number of hydrogen-bond acceptors (Lipinski definition) is 8. The van der Waals surface area contributed by atoms with E-state index >= 15 is 0 Å². The molecule has 1 aliphatic rings. The van der Waals surface area contributed by atoms with Gasteiger partial charge < -0.3 is 14.0 Å². The van der Waals surface area contributed by atoms with Crippen molar-refractivity contribution in [1.82, 2.24) is 29.0 Å². The molecule has 8 nitrogen and oxygen atoms in total. The third-order valence-electron chi connectivity index (χ3n) is 4.31. The zero-order valence-electron chi connectivity index (χ0n) is 14.3. The maximum absolute atomic E-state index is 5.83. The Morgan fingerprint density at radius 3 is 2.81 bits per heavy atom. The van der Waals surface area contributed by atoms with Crippen LogP contribution in [0.15, 0.2) is 18.2 Å². The Labute approximate surface area is 159 Å². The van der Waals surface area contributed by atoms with E-state index in [0.29, 0.717) is 11.6 Å². The van der Waals surface area contributed by atoms with Gasteiger partial charge in [-0.05, 0) is 29.2 Å². The van der Waals surface area contributed by atoms with Crippen LogP contribution in [-0.4, -0.2) is 49.8 Å². The van der Waals surface area contributed by atoms with Crippen molar-refractivity contribution in [3.05, 3.63) is 34.9 Å². The number of nitrogens with zero attached hydrogens (tertiary/aromatic N) is 6. The number of fused-ring (bicyclic) bond motifs is 1. The molecule has 0 unspecified atom stereocenters. The normalized spacial score (nSPS) is 14.3. The third-order valence-corrected chi connectivity index (χ3v) is 5.29. The quantitative estimate of drug-likeness (QED) is 0.660. The van der Waals surface area contributed by atoms with Crippen LogP contribution in [0.25, 0.3) is 10.8 Å². The van der Waals surface area contributed by atoms with Crippen LogP contribution in [0.2, 0.25) is 5.28 Å². The minimum atomic E-state index is 0.242. The molecule has 26 heavy (non-hydrogen) atoms. The highest BCUT2D eigenvalue weighted by Crippen LogP contribution is 2.28. The highest BCUT2D eigenvalue weighted by Gasteiger charge is 2.24. The number of halogens is 1. The summed E-state index contributed by atoms with van der Waals surface area (Å²) in [7, 11) is 3.32. The predicted molar refractivity (Wildman–Crippen MR) is 97.6 cm³/mol. The molecule has 0 bridgehead atoms. The summed E-state index contributed by atoms with van der Waals surface area (Å²) in [5.41, 5.74) is 1.11. The molecule has 0 saturated carbocycles. The van der Waals surface area contributed by atoms with Gasteiger partial charge in [-0.25, -0.2) is 4.98 Å². The molecule has 4 rings (SSSR count). The number of rotatable bonds is 5. The molecule has 0 N–H and O–H groups in total. The van der Waals surface area contributed by atoms with E-state index in [1.165, 1.54) is 11.5 Å². The second-order valence-electron chi connectivity index (χ2n) is 5.85. The molecule has 136 valence electrons. The number of benzene rings is 1. The lowest BCUT2D eigenvalue weighted by atomic mass is 10.1. The van der Waals surface area contributed by atoms with Gasteiger partial charge in [-0.15, -0.1) is 10.2 Å². The first-order valence-electron chi connectivity index (χ1n) is 8.03. The van der Waals surface area contributed by atoms with Gasteiger partial charge in [-0.1, -0.05) is 6.07 Å². The van der Waals surface area contributed by atoms with Crippen molar-refractivity contribution in [2.45, 2.75) is 19.6 Å². The van der Waals surface area contributed by atoms with Crippen molar-refractivity contribution in [1.29, 1.82) is 0 Å². The minimum Gasteiger partial charge on any atom is -0.497 e. The zero-order valence-corrected chi connectivity index (χ0v) is 15.9. The van der Waals surface area contributed by atoms with Gasteiger partial charge in [0.1, 0.15) is 17.3 Å². The Kier molecular flexibility index (Phi) is 4.75. The van der Waals surface area contributed by atoms with Crippen LogP contribution in [0.4, 0.5) is 0 Å². The van der Waals surface area contributed by atoms with Gasteiger partial charge in [-0.3, -0.25) is 4.90 Å². The van der Waals surface area contributed by atoms with Crippen LogP contribution in [0, 0.1) is 0 Å². The van der Waals surface area contributed by atoms with Gasteiger partial charge in [0, 0.05) is 31.3 Å². The van der Waals surface area contributed by atoms with E-state index in [-0.39, 0.29) is 5.28 Å². The monoisotopic (exact) mass is 392 g/mol. The lowest BCUT2D eigenvalue weighted by Crippen LogP contribution is -2.33. The van der Waals surface area contributed by atoms with E-state index in [2.05, 4.69) is 29.0 Å². The van der Waals surface area contributed by atoms with Crippen molar-refractivity contribution in [3.8, 4) is 22.3 Å². The van der Waals surface area contributed by atoms with E-state index < -0.39 is 0 Å². The summed E-state index contributed by atoms with van der Waals surface area (Å²) in [4.78, 5) is 6.51. The average Bonchev–Trinajstić information content (AvgIpc) is 3.27. The summed E-state index contributed by atoms with van der Waals surface area (Å²) in [5.74, 6) is 3.24. The fourth-order valence-corrected chi connectivity index (χ4v) is 3.82. The fraction of sp³-hybridized carbons (Fsp3) is 0.375. The Bertz CT molecular complexity index is 927. The molecule has 0 atom stereocenters. The van der Waals surface area contributed by atoms with Crippen molar-refractivity contribution in [2.24, 2.45) is 0 Å². The number of methoxy groups -OCH3 is 2. The van der Waals surface area contributed by atoms with E-state index in [4.69, 9.17) is 21.1 Å². The molecule has 1 aromatic carbocycles. The van der Waals surface area contributed by atoms with E-state index in [1.54, 1.807) is 14.2 Å². The maximum atomic E-state index is 5.83. The maximum Gasteiger partial charge on any atom is 0.234 e. The number of aromatic nitrogens is 5.